The molecule has 122 valence electrons. The highest BCUT2D eigenvalue weighted by Gasteiger charge is 2.18. The average Bonchev–Trinajstić information content (AvgIpc) is 2.75. The first-order chi connectivity index (χ1) is 10.7. The van der Waals surface area contributed by atoms with Crippen molar-refractivity contribution in [3.8, 4) is 0 Å². The fraction of sp³-hybridized carbons (Fsp3) is 0.647. The summed E-state index contributed by atoms with van der Waals surface area (Å²) in [4.78, 5) is 17.9. The Bertz CT molecular complexity index is 461. The third-order valence-corrected chi connectivity index (χ3v) is 4.25. The van der Waals surface area contributed by atoms with E-state index in [1.807, 2.05) is 17.2 Å². The van der Waals surface area contributed by atoms with Crippen LogP contribution >= 0.6 is 0 Å². The average molecular weight is 305 g/mol. The summed E-state index contributed by atoms with van der Waals surface area (Å²) in [5.74, 6) is 1.75. The largest absolute Gasteiger partial charge is 0.383 e. The number of methoxy groups -OCH3 is 1. The van der Waals surface area contributed by atoms with Crippen LogP contribution < -0.4 is 5.32 Å². The highest BCUT2D eigenvalue weighted by atomic mass is 16.5. The molecule has 1 aromatic rings. The van der Waals surface area contributed by atoms with Crippen LogP contribution in [-0.2, 0) is 16.0 Å². The van der Waals surface area contributed by atoms with Crippen LogP contribution in [0.1, 0.15) is 31.7 Å². The molecule has 1 fully saturated rings. The minimum Gasteiger partial charge on any atom is -0.383 e. The fourth-order valence-corrected chi connectivity index (χ4v) is 2.95. The summed E-state index contributed by atoms with van der Waals surface area (Å²) >= 11 is 0. The molecular weight excluding hydrogens is 278 g/mol. The molecule has 5 nitrogen and oxygen atoms in total. The molecule has 5 heteroatoms. The zero-order valence-corrected chi connectivity index (χ0v) is 13.7. The predicted octanol–water partition coefficient (Wildman–Crippen LogP) is 2.33. The first-order valence-electron chi connectivity index (χ1n) is 8.12. The molecule has 0 aromatic carbocycles. The monoisotopic (exact) mass is 305 g/mol. The van der Waals surface area contributed by atoms with Crippen molar-refractivity contribution in [1.29, 1.82) is 0 Å². The van der Waals surface area contributed by atoms with Crippen molar-refractivity contribution in [2.75, 3.05) is 38.7 Å². The first-order valence-corrected chi connectivity index (χ1v) is 8.12. The summed E-state index contributed by atoms with van der Waals surface area (Å²) < 4.78 is 5.01. The molecule has 1 N–H and O–H groups in total. The van der Waals surface area contributed by atoms with Gasteiger partial charge in [0, 0.05) is 39.9 Å². The van der Waals surface area contributed by atoms with Crippen molar-refractivity contribution in [1.82, 2.24) is 9.88 Å². The minimum absolute atomic E-state index is 0.203. The number of aromatic nitrogens is 1. The van der Waals surface area contributed by atoms with Gasteiger partial charge in [-0.25, -0.2) is 4.98 Å². The molecule has 2 rings (SSSR count). The number of carbonyl (C=O) groups is 1. The molecule has 1 unspecified atom stereocenters. The number of ether oxygens (including phenoxy) is 1. The Morgan fingerprint density at radius 3 is 2.95 bits per heavy atom. The molecule has 0 saturated carbocycles. The molecule has 0 radical (unpaired) electrons. The highest BCUT2D eigenvalue weighted by Crippen LogP contribution is 2.22. The second-order valence-corrected chi connectivity index (χ2v) is 5.98. The van der Waals surface area contributed by atoms with Crippen LogP contribution in [0.15, 0.2) is 18.3 Å². The molecule has 0 bridgehead atoms. The first kappa shape index (κ1) is 16.7. The van der Waals surface area contributed by atoms with Crippen molar-refractivity contribution < 1.29 is 9.53 Å². The lowest BCUT2D eigenvalue weighted by Gasteiger charge is -2.18. The van der Waals surface area contributed by atoms with Gasteiger partial charge in [-0.15, -0.1) is 0 Å². The number of likely N-dealkylation sites (tertiary alicyclic amines) is 1. The molecule has 1 aliphatic rings. The SMILES string of the molecule is COCCNc1ccc(CC2CCCN(C(C)=O)CC2)cn1. The van der Waals surface area contributed by atoms with E-state index in [1.54, 1.807) is 14.0 Å². The van der Waals surface area contributed by atoms with Crippen LogP contribution in [0.25, 0.3) is 0 Å². The van der Waals surface area contributed by atoms with E-state index in [-0.39, 0.29) is 5.91 Å². The standard InChI is InChI=1S/C17H27N3O2/c1-14(21)20-9-3-4-15(7-10-20)12-16-5-6-17(19-13-16)18-8-11-22-2/h5-6,13,15H,3-4,7-12H2,1-2H3,(H,18,19). The summed E-state index contributed by atoms with van der Waals surface area (Å²) in [7, 11) is 1.69. The third kappa shape index (κ3) is 5.30. The maximum Gasteiger partial charge on any atom is 0.219 e. The molecule has 22 heavy (non-hydrogen) atoms. The maximum atomic E-state index is 11.5. The van der Waals surface area contributed by atoms with Crippen LogP contribution in [0.2, 0.25) is 0 Å². The Balaban J connectivity index is 1.81. The van der Waals surface area contributed by atoms with E-state index < -0.39 is 0 Å². The number of hydrogen-bond donors (Lipinski definition) is 1. The second kappa shape index (κ2) is 8.73. The van der Waals surface area contributed by atoms with E-state index in [0.29, 0.717) is 12.5 Å². The zero-order chi connectivity index (χ0) is 15.8. The smallest absolute Gasteiger partial charge is 0.219 e. The summed E-state index contributed by atoms with van der Waals surface area (Å²) in [6, 6.07) is 4.18. The number of nitrogens with zero attached hydrogens (tertiary/aromatic N) is 2. The van der Waals surface area contributed by atoms with Gasteiger partial charge >= 0.3 is 0 Å². The van der Waals surface area contributed by atoms with Crippen molar-refractivity contribution >= 4 is 11.7 Å². The Morgan fingerprint density at radius 1 is 1.41 bits per heavy atom. The van der Waals surface area contributed by atoms with E-state index >= 15 is 0 Å². The predicted molar refractivity (Wildman–Crippen MR) is 87.9 cm³/mol. The number of nitrogens with one attached hydrogen (secondary N) is 1. The zero-order valence-electron chi connectivity index (χ0n) is 13.7. The normalized spacial score (nSPS) is 18.8. The summed E-state index contributed by atoms with van der Waals surface area (Å²) in [5.41, 5.74) is 1.28. The summed E-state index contributed by atoms with van der Waals surface area (Å²) in [6.45, 7) is 4.92. The third-order valence-electron chi connectivity index (χ3n) is 4.25. The molecule has 2 heterocycles. The number of amides is 1. The van der Waals surface area contributed by atoms with Crippen LogP contribution in [0.5, 0.6) is 0 Å². The Kier molecular flexibility index (Phi) is 6.65. The molecule has 1 aromatic heterocycles. The summed E-state index contributed by atoms with van der Waals surface area (Å²) in [5, 5.41) is 3.22. The van der Waals surface area contributed by atoms with E-state index in [1.165, 1.54) is 12.0 Å². The van der Waals surface area contributed by atoms with E-state index in [4.69, 9.17) is 4.74 Å². The topological polar surface area (TPSA) is 54.5 Å². The lowest BCUT2D eigenvalue weighted by Crippen LogP contribution is -2.29. The minimum atomic E-state index is 0.203. The fourth-order valence-electron chi connectivity index (χ4n) is 2.95. The Morgan fingerprint density at radius 2 is 2.27 bits per heavy atom. The van der Waals surface area contributed by atoms with Gasteiger partial charge in [0.15, 0.2) is 0 Å². The van der Waals surface area contributed by atoms with E-state index in [0.717, 1.165) is 44.7 Å². The molecule has 1 amide bonds. The quantitative estimate of drug-likeness (QED) is 0.820. The van der Waals surface area contributed by atoms with Crippen LogP contribution in [0.3, 0.4) is 0 Å². The van der Waals surface area contributed by atoms with E-state index in [9.17, 15) is 4.79 Å². The highest BCUT2D eigenvalue weighted by molar-refractivity contribution is 5.73. The lowest BCUT2D eigenvalue weighted by molar-refractivity contribution is -0.128. The Labute approximate surface area is 133 Å². The van der Waals surface area contributed by atoms with Crippen molar-refractivity contribution in [3.63, 3.8) is 0 Å². The lowest BCUT2D eigenvalue weighted by atomic mass is 9.93. The van der Waals surface area contributed by atoms with Crippen LogP contribution in [0, 0.1) is 5.92 Å². The summed E-state index contributed by atoms with van der Waals surface area (Å²) in [6.07, 6.45) is 6.40. The van der Waals surface area contributed by atoms with Crippen LogP contribution in [0.4, 0.5) is 5.82 Å². The molecule has 1 saturated heterocycles. The van der Waals surface area contributed by atoms with Crippen LogP contribution in [-0.4, -0.2) is 49.1 Å². The molecule has 0 spiro atoms. The molecule has 1 aliphatic heterocycles. The van der Waals surface area contributed by atoms with Crippen molar-refractivity contribution in [3.05, 3.63) is 23.9 Å². The number of hydrogen-bond acceptors (Lipinski definition) is 4. The van der Waals surface area contributed by atoms with Gasteiger partial charge in [0.25, 0.3) is 0 Å². The van der Waals surface area contributed by atoms with Gasteiger partial charge in [0.1, 0.15) is 5.82 Å². The molecular formula is C17H27N3O2. The number of anilines is 1. The maximum absolute atomic E-state index is 11.5. The number of carbonyl (C=O) groups excluding carboxylic acids is 1. The number of rotatable bonds is 6. The molecule has 1 atom stereocenters. The van der Waals surface area contributed by atoms with Gasteiger partial charge in [-0.2, -0.15) is 0 Å². The van der Waals surface area contributed by atoms with Gasteiger partial charge in [0.2, 0.25) is 5.91 Å². The Hall–Kier alpha value is -1.62. The van der Waals surface area contributed by atoms with Crippen molar-refractivity contribution in [2.45, 2.75) is 32.6 Å². The second-order valence-electron chi connectivity index (χ2n) is 5.98. The van der Waals surface area contributed by atoms with Gasteiger partial charge in [-0.1, -0.05) is 6.07 Å². The van der Waals surface area contributed by atoms with Gasteiger partial charge in [-0.05, 0) is 43.2 Å². The van der Waals surface area contributed by atoms with Gasteiger partial charge in [-0.3, -0.25) is 4.79 Å². The van der Waals surface area contributed by atoms with E-state index in [2.05, 4.69) is 16.4 Å². The molecule has 0 aliphatic carbocycles. The van der Waals surface area contributed by atoms with Gasteiger partial charge < -0.3 is 15.0 Å². The van der Waals surface area contributed by atoms with Gasteiger partial charge in [0.05, 0.1) is 6.61 Å². The number of pyridine rings is 1. The van der Waals surface area contributed by atoms with Crippen molar-refractivity contribution in [2.24, 2.45) is 5.92 Å².